The fourth-order valence-corrected chi connectivity index (χ4v) is 3.10. The molecule has 0 saturated carbocycles. The minimum absolute atomic E-state index is 0.677. The number of H-pyrrole nitrogens is 1. The number of pyridine rings is 1. The molecule has 1 aromatic heterocycles. The van der Waals surface area contributed by atoms with Gasteiger partial charge in [0.15, 0.2) is 0 Å². The number of halogens is 1. The van der Waals surface area contributed by atoms with Crippen LogP contribution in [0.1, 0.15) is 11.1 Å². The van der Waals surface area contributed by atoms with Crippen molar-refractivity contribution in [2.45, 2.75) is 6.92 Å². The van der Waals surface area contributed by atoms with Crippen molar-refractivity contribution >= 4 is 40.8 Å². The van der Waals surface area contributed by atoms with Gasteiger partial charge in [-0.05, 0) is 25.1 Å². The van der Waals surface area contributed by atoms with E-state index in [-0.39, 0.29) is 0 Å². The Kier molecular flexibility index (Phi) is 3.66. The number of aromatic nitrogens is 1. The van der Waals surface area contributed by atoms with Gasteiger partial charge in [0.05, 0.1) is 0 Å². The van der Waals surface area contributed by atoms with Crippen LogP contribution in [0.2, 0.25) is 5.02 Å². The summed E-state index contributed by atoms with van der Waals surface area (Å²) in [6.07, 6.45) is 1.79. The van der Waals surface area contributed by atoms with E-state index in [1.807, 2.05) is 30.3 Å². The van der Waals surface area contributed by atoms with Crippen molar-refractivity contribution in [3.05, 3.63) is 69.8 Å². The molecule has 0 saturated heterocycles. The van der Waals surface area contributed by atoms with Gasteiger partial charge in [-0.25, -0.2) is 0 Å². The summed E-state index contributed by atoms with van der Waals surface area (Å²) in [6.45, 7) is 5.98. The molecule has 3 rings (SSSR count). The maximum absolute atomic E-state index is 6.40. The van der Waals surface area contributed by atoms with E-state index < -0.39 is 0 Å². The number of rotatable bonds is 2. The van der Waals surface area contributed by atoms with E-state index >= 15 is 0 Å². The summed E-state index contributed by atoms with van der Waals surface area (Å²) in [5, 5.41) is 1.82. The average molecular weight is 312 g/mol. The molecule has 0 atom stereocenters. The first-order valence-corrected chi connectivity index (χ1v) is 7.44. The van der Waals surface area contributed by atoms with Gasteiger partial charge in [0.25, 0.3) is 0 Å². The lowest BCUT2D eigenvalue weighted by molar-refractivity contribution is 1.35. The zero-order valence-corrected chi connectivity index (χ0v) is 13.2. The lowest BCUT2D eigenvalue weighted by Crippen LogP contribution is -1.93. The molecule has 2 aromatic carbocycles. The SMILES string of the molecule is C=Cc1c(-c2ccccc2Cl)c2cc(C)ccc2[nH]c1=S. The van der Waals surface area contributed by atoms with Crippen LogP contribution in [0.15, 0.2) is 49.0 Å². The third-order valence-electron chi connectivity index (χ3n) is 3.55. The Labute approximate surface area is 133 Å². The first kappa shape index (κ1) is 14.1. The van der Waals surface area contributed by atoms with Gasteiger partial charge in [-0.1, -0.05) is 66.3 Å². The van der Waals surface area contributed by atoms with Crippen molar-refractivity contribution < 1.29 is 0 Å². The fourth-order valence-electron chi connectivity index (χ4n) is 2.57. The monoisotopic (exact) mass is 311 g/mol. The molecule has 0 bridgehead atoms. The summed E-state index contributed by atoms with van der Waals surface area (Å²) in [7, 11) is 0. The second-order valence-corrected chi connectivity index (χ2v) is 5.79. The van der Waals surface area contributed by atoms with Crippen LogP contribution in [0.4, 0.5) is 0 Å². The molecule has 0 spiro atoms. The lowest BCUT2D eigenvalue weighted by atomic mass is 9.95. The normalized spacial score (nSPS) is 10.8. The van der Waals surface area contributed by atoms with Crippen LogP contribution in [-0.4, -0.2) is 4.98 Å². The van der Waals surface area contributed by atoms with Crippen LogP contribution in [0, 0.1) is 11.6 Å². The van der Waals surface area contributed by atoms with Gasteiger partial charge in [0, 0.05) is 32.6 Å². The molecule has 1 heterocycles. The number of hydrogen-bond donors (Lipinski definition) is 1. The number of aromatic amines is 1. The van der Waals surface area contributed by atoms with Gasteiger partial charge in [0.1, 0.15) is 4.64 Å². The largest absolute Gasteiger partial charge is 0.346 e. The molecule has 0 unspecified atom stereocenters. The Bertz CT molecular complexity index is 909. The van der Waals surface area contributed by atoms with Crippen LogP contribution in [0.3, 0.4) is 0 Å². The number of fused-ring (bicyclic) bond motifs is 1. The molecule has 104 valence electrons. The van der Waals surface area contributed by atoms with Gasteiger partial charge in [-0.3, -0.25) is 0 Å². The van der Waals surface area contributed by atoms with Crippen LogP contribution in [0.25, 0.3) is 28.1 Å². The van der Waals surface area contributed by atoms with Crippen molar-refractivity contribution in [2.75, 3.05) is 0 Å². The van der Waals surface area contributed by atoms with Crippen molar-refractivity contribution in [1.29, 1.82) is 0 Å². The van der Waals surface area contributed by atoms with Crippen molar-refractivity contribution in [1.82, 2.24) is 4.98 Å². The van der Waals surface area contributed by atoms with Crippen molar-refractivity contribution in [3.63, 3.8) is 0 Å². The maximum atomic E-state index is 6.40. The van der Waals surface area contributed by atoms with E-state index in [0.717, 1.165) is 27.6 Å². The van der Waals surface area contributed by atoms with Crippen LogP contribution >= 0.6 is 23.8 Å². The van der Waals surface area contributed by atoms with Gasteiger partial charge in [0.2, 0.25) is 0 Å². The van der Waals surface area contributed by atoms with Gasteiger partial charge in [-0.2, -0.15) is 0 Å². The molecule has 0 aliphatic rings. The average Bonchev–Trinajstić information content (AvgIpc) is 2.47. The molecular formula is C18H14ClNS. The van der Waals surface area contributed by atoms with Crippen molar-refractivity contribution in [3.8, 4) is 11.1 Å². The Balaban J connectivity index is 2.55. The molecular weight excluding hydrogens is 298 g/mol. The number of aryl methyl sites for hydroxylation is 1. The summed E-state index contributed by atoms with van der Waals surface area (Å²) >= 11 is 11.9. The Morgan fingerprint density at radius 2 is 1.95 bits per heavy atom. The highest BCUT2D eigenvalue weighted by atomic mass is 35.5. The molecule has 3 heteroatoms. The lowest BCUT2D eigenvalue weighted by Gasteiger charge is -2.13. The number of benzene rings is 2. The highest BCUT2D eigenvalue weighted by Crippen LogP contribution is 2.36. The zero-order valence-electron chi connectivity index (χ0n) is 11.6. The summed E-state index contributed by atoms with van der Waals surface area (Å²) in [5.41, 5.74) is 5.13. The van der Waals surface area contributed by atoms with Crippen LogP contribution < -0.4 is 0 Å². The van der Waals surface area contributed by atoms with E-state index in [9.17, 15) is 0 Å². The first-order valence-electron chi connectivity index (χ1n) is 6.66. The predicted molar refractivity (Wildman–Crippen MR) is 94.4 cm³/mol. The molecule has 1 N–H and O–H groups in total. The van der Waals surface area contributed by atoms with Crippen LogP contribution in [0.5, 0.6) is 0 Å². The van der Waals surface area contributed by atoms with Crippen molar-refractivity contribution in [2.24, 2.45) is 0 Å². The molecule has 0 amide bonds. The van der Waals surface area contributed by atoms with Gasteiger partial charge >= 0.3 is 0 Å². The minimum Gasteiger partial charge on any atom is -0.346 e. The maximum Gasteiger partial charge on any atom is 0.111 e. The molecule has 1 nitrogen and oxygen atoms in total. The zero-order chi connectivity index (χ0) is 15.0. The first-order chi connectivity index (χ1) is 10.1. The number of nitrogens with one attached hydrogen (secondary N) is 1. The highest BCUT2D eigenvalue weighted by Gasteiger charge is 2.13. The summed E-state index contributed by atoms with van der Waals surface area (Å²) in [5.74, 6) is 0. The standard InChI is InChI=1S/C18H14ClNS/c1-3-12-17(13-6-4-5-7-15(13)19)14-10-11(2)8-9-16(14)20-18(12)21/h3-10H,1H2,2H3,(H,20,21). The summed E-state index contributed by atoms with van der Waals surface area (Å²) < 4.78 is 0.677. The topological polar surface area (TPSA) is 15.8 Å². The second-order valence-electron chi connectivity index (χ2n) is 4.98. The fraction of sp³-hybridized carbons (Fsp3) is 0.0556. The predicted octanol–water partition coefficient (Wildman–Crippen LogP) is 6.17. The Morgan fingerprint density at radius 1 is 1.19 bits per heavy atom. The third-order valence-corrected chi connectivity index (χ3v) is 4.21. The minimum atomic E-state index is 0.677. The van der Waals surface area contributed by atoms with E-state index in [0.29, 0.717) is 9.66 Å². The third kappa shape index (κ3) is 2.41. The molecule has 0 aliphatic carbocycles. The van der Waals surface area contributed by atoms with Gasteiger partial charge in [-0.15, -0.1) is 0 Å². The molecule has 21 heavy (non-hydrogen) atoms. The quantitative estimate of drug-likeness (QED) is 0.560. The Hall–Kier alpha value is -1.90. The smallest absolute Gasteiger partial charge is 0.111 e. The van der Waals surface area contributed by atoms with E-state index in [4.69, 9.17) is 23.8 Å². The van der Waals surface area contributed by atoms with E-state index in [1.165, 1.54) is 5.56 Å². The molecule has 0 aliphatic heterocycles. The highest BCUT2D eigenvalue weighted by molar-refractivity contribution is 7.71. The summed E-state index contributed by atoms with van der Waals surface area (Å²) in [4.78, 5) is 3.27. The van der Waals surface area contributed by atoms with Gasteiger partial charge < -0.3 is 4.98 Å². The summed E-state index contributed by atoms with van der Waals surface area (Å²) in [6, 6.07) is 14.1. The second kappa shape index (κ2) is 5.47. The van der Waals surface area contributed by atoms with E-state index in [2.05, 4.69) is 30.6 Å². The Morgan fingerprint density at radius 3 is 2.67 bits per heavy atom. The number of hydrogen-bond acceptors (Lipinski definition) is 1. The molecule has 3 aromatic rings. The van der Waals surface area contributed by atoms with E-state index in [1.54, 1.807) is 6.08 Å². The molecule has 0 radical (unpaired) electrons. The molecule has 0 fully saturated rings. The van der Waals surface area contributed by atoms with Crippen LogP contribution in [-0.2, 0) is 0 Å².